The molecule has 1 atom stereocenters. The maximum Gasteiger partial charge on any atom is 0.322 e. The number of benzene rings is 2. The smallest absolute Gasteiger partial charge is 0.322 e. The van der Waals surface area contributed by atoms with Gasteiger partial charge in [0.1, 0.15) is 5.75 Å². The fraction of sp³-hybridized carbons (Fsp3) is 0.320. The quantitative estimate of drug-likeness (QED) is 0.590. The van der Waals surface area contributed by atoms with Gasteiger partial charge >= 0.3 is 6.03 Å². The van der Waals surface area contributed by atoms with E-state index in [0.29, 0.717) is 6.61 Å². The van der Waals surface area contributed by atoms with E-state index in [0.717, 1.165) is 42.9 Å². The average molecular weight is 404 g/mol. The van der Waals surface area contributed by atoms with Crippen molar-refractivity contribution in [3.63, 3.8) is 0 Å². The molecular weight excluding hydrogens is 374 g/mol. The van der Waals surface area contributed by atoms with Crippen LogP contribution in [0.15, 0.2) is 73.1 Å². The molecule has 156 valence electrons. The van der Waals surface area contributed by atoms with E-state index in [1.54, 1.807) is 0 Å². The number of carbonyl (C=O) groups excluding carboxylic acids is 1. The molecule has 1 aliphatic rings. The number of hydrogen-bond acceptors (Lipinski definition) is 2. The molecule has 0 spiro atoms. The lowest BCUT2D eigenvalue weighted by atomic mass is 9.96. The highest BCUT2D eigenvalue weighted by molar-refractivity contribution is 5.89. The molecule has 0 radical (unpaired) electrons. The molecule has 1 fully saturated rings. The van der Waals surface area contributed by atoms with Crippen molar-refractivity contribution in [1.29, 1.82) is 0 Å². The first-order valence-corrected chi connectivity index (χ1v) is 10.8. The van der Waals surface area contributed by atoms with Crippen LogP contribution in [0.1, 0.15) is 31.7 Å². The molecule has 1 saturated heterocycles. The molecular formula is C25H29N3O2. The van der Waals surface area contributed by atoms with E-state index in [1.807, 2.05) is 60.6 Å². The van der Waals surface area contributed by atoms with Gasteiger partial charge in [-0.15, -0.1) is 0 Å². The second-order valence-corrected chi connectivity index (χ2v) is 7.69. The highest BCUT2D eigenvalue weighted by Gasteiger charge is 2.27. The van der Waals surface area contributed by atoms with Crippen molar-refractivity contribution in [2.45, 2.75) is 38.6 Å². The van der Waals surface area contributed by atoms with Gasteiger partial charge in [0.05, 0.1) is 6.61 Å². The Morgan fingerprint density at radius 2 is 1.77 bits per heavy atom. The van der Waals surface area contributed by atoms with Gasteiger partial charge in [-0.1, -0.05) is 12.1 Å². The summed E-state index contributed by atoms with van der Waals surface area (Å²) in [6.07, 6.45) is 8.23. The molecule has 5 heteroatoms. The van der Waals surface area contributed by atoms with Crippen LogP contribution in [0.2, 0.25) is 0 Å². The third-order valence-electron chi connectivity index (χ3n) is 5.61. The van der Waals surface area contributed by atoms with Crippen molar-refractivity contribution in [3.05, 3.63) is 78.6 Å². The predicted octanol–water partition coefficient (Wildman–Crippen LogP) is 5.51. The van der Waals surface area contributed by atoms with Gasteiger partial charge in [-0.25, -0.2) is 4.79 Å². The van der Waals surface area contributed by atoms with E-state index in [-0.39, 0.29) is 12.1 Å². The molecule has 1 aromatic heterocycles. The first-order valence-electron chi connectivity index (χ1n) is 10.8. The fourth-order valence-electron chi connectivity index (χ4n) is 4.06. The molecule has 1 aliphatic heterocycles. The van der Waals surface area contributed by atoms with E-state index < -0.39 is 0 Å². The second-order valence-electron chi connectivity index (χ2n) is 7.69. The Kier molecular flexibility index (Phi) is 6.38. The largest absolute Gasteiger partial charge is 0.494 e. The van der Waals surface area contributed by atoms with Gasteiger partial charge in [-0.2, -0.15) is 0 Å². The van der Waals surface area contributed by atoms with Gasteiger partial charge in [0.25, 0.3) is 0 Å². The maximum absolute atomic E-state index is 13.0. The van der Waals surface area contributed by atoms with Crippen LogP contribution in [0.4, 0.5) is 10.5 Å². The number of nitrogens with one attached hydrogen (secondary N) is 1. The minimum Gasteiger partial charge on any atom is -0.494 e. The number of aromatic nitrogens is 1. The molecule has 0 aliphatic carbocycles. The van der Waals surface area contributed by atoms with Gasteiger partial charge in [-0.3, -0.25) is 0 Å². The minimum atomic E-state index is -0.0205. The van der Waals surface area contributed by atoms with E-state index >= 15 is 0 Å². The van der Waals surface area contributed by atoms with Crippen LogP contribution in [-0.4, -0.2) is 34.7 Å². The lowest BCUT2D eigenvalue weighted by Gasteiger charge is -2.36. The Labute approximate surface area is 178 Å². The van der Waals surface area contributed by atoms with Crippen LogP contribution in [0.5, 0.6) is 5.75 Å². The topological polar surface area (TPSA) is 46.5 Å². The SMILES string of the molecule is CCOc1ccc(NC(=O)N2CCCCC2Cc2ccc(-n3cccc3)cc2)cc1. The maximum atomic E-state index is 13.0. The Hall–Kier alpha value is -3.21. The number of anilines is 1. The van der Waals surface area contributed by atoms with Crippen LogP contribution in [0, 0.1) is 0 Å². The second kappa shape index (κ2) is 9.53. The number of rotatable bonds is 6. The summed E-state index contributed by atoms with van der Waals surface area (Å²) in [7, 11) is 0. The summed E-state index contributed by atoms with van der Waals surface area (Å²) < 4.78 is 7.57. The van der Waals surface area contributed by atoms with Crippen molar-refractivity contribution < 1.29 is 9.53 Å². The van der Waals surface area contributed by atoms with Gasteiger partial charge in [0.15, 0.2) is 0 Å². The summed E-state index contributed by atoms with van der Waals surface area (Å²) in [6.45, 7) is 3.39. The molecule has 4 rings (SSSR count). The van der Waals surface area contributed by atoms with Gasteiger partial charge in [0, 0.05) is 36.4 Å². The Morgan fingerprint density at radius 1 is 1.03 bits per heavy atom. The molecule has 3 aromatic rings. The monoisotopic (exact) mass is 403 g/mol. The molecule has 5 nitrogen and oxygen atoms in total. The van der Waals surface area contributed by atoms with E-state index in [1.165, 1.54) is 12.0 Å². The zero-order valence-corrected chi connectivity index (χ0v) is 17.5. The highest BCUT2D eigenvalue weighted by Crippen LogP contribution is 2.23. The molecule has 2 amide bonds. The number of urea groups is 1. The number of amides is 2. The van der Waals surface area contributed by atoms with Crippen molar-refractivity contribution in [2.75, 3.05) is 18.5 Å². The zero-order chi connectivity index (χ0) is 20.8. The predicted molar refractivity (Wildman–Crippen MR) is 120 cm³/mol. The normalized spacial score (nSPS) is 16.3. The van der Waals surface area contributed by atoms with E-state index in [2.05, 4.69) is 34.1 Å². The lowest BCUT2D eigenvalue weighted by Crippen LogP contribution is -2.46. The zero-order valence-electron chi connectivity index (χ0n) is 17.5. The van der Waals surface area contributed by atoms with E-state index in [9.17, 15) is 4.79 Å². The summed E-state index contributed by atoms with van der Waals surface area (Å²) in [5.41, 5.74) is 3.21. The van der Waals surface area contributed by atoms with Crippen LogP contribution in [0.3, 0.4) is 0 Å². The van der Waals surface area contributed by atoms with Gasteiger partial charge in [-0.05, 0) is 86.7 Å². The number of nitrogens with zero attached hydrogens (tertiary/aromatic N) is 2. The molecule has 0 bridgehead atoms. The standard InChI is InChI=1S/C25H29N3O2/c1-2-30-24-14-10-21(11-15-24)26-25(29)28-18-4-3-7-23(28)19-20-8-12-22(13-9-20)27-16-5-6-17-27/h5-6,8-17,23H,2-4,7,18-19H2,1H3,(H,26,29). The average Bonchev–Trinajstić information content (AvgIpc) is 3.31. The first kappa shape index (κ1) is 20.1. The summed E-state index contributed by atoms with van der Waals surface area (Å²) in [5.74, 6) is 0.815. The number of piperidine rings is 1. The van der Waals surface area contributed by atoms with E-state index in [4.69, 9.17) is 4.74 Å². The fourth-order valence-corrected chi connectivity index (χ4v) is 4.06. The van der Waals surface area contributed by atoms with Crippen molar-refractivity contribution in [2.24, 2.45) is 0 Å². The highest BCUT2D eigenvalue weighted by atomic mass is 16.5. The number of hydrogen-bond donors (Lipinski definition) is 1. The van der Waals surface area contributed by atoms with Crippen LogP contribution < -0.4 is 10.1 Å². The van der Waals surface area contributed by atoms with Crippen molar-refractivity contribution >= 4 is 11.7 Å². The molecule has 1 unspecified atom stereocenters. The Morgan fingerprint density at radius 3 is 2.47 bits per heavy atom. The number of ether oxygens (including phenoxy) is 1. The Balaban J connectivity index is 1.40. The Bertz CT molecular complexity index is 934. The van der Waals surface area contributed by atoms with Crippen molar-refractivity contribution in [1.82, 2.24) is 9.47 Å². The molecule has 30 heavy (non-hydrogen) atoms. The van der Waals surface area contributed by atoms with Crippen LogP contribution >= 0.6 is 0 Å². The summed E-state index contributed by atoms with van der Waals surface area (Å²) in [6, 6.07) is 20.4. The van der Waals surface area contributed by atoms with Crippen LogP contribution in [0.25, 0.3) is 5.69 Å². The van der Waals surface area contributed by atoms with Gasteiger partial charge in [0.2, 0.25) is 0 Å². The minimum absolute atomic E-state index is 0.0205. The summed E-state index contributed by atoms with van der Waals surface area (Å²) in [4.78, 5) is 15.0. The summed E-state index contributed by atoms with van der Waals surface area (Å²) >= 11 is 0. The number of carbonyl (C=O) groups is 1. The molecule has 0 saturated carbocycles. The third-order valence-corrected chi connectivity index (χ3v) is 5.61. The lowest BCUT2D eigenvalue weighted by molar-refractivity contribution is 0.162. The van der Waals surface area contributed by atoms with Crippen molar-refractivity contribution in [3.8, 4) is 11.4 Å². The molecule has 2 heterocycles. The summed E-state index contributed by atoms with van der Waals surface area (Å²) in [5, 5.41) is 3.05. The van der Waals surface area contributed by atoms with Gasteiger partial charge < -0.3 is 19.5 Å². The number of likely N-dealkylation sites (tertiary alicyclic amines) is 1. The third kappa shape index (κ3) is 4.85. The molecule has 1 N–H and O–H groups in total. The molecule has 2 aromatic carbocycles. The first-order chi connectivity index (χ1) is 14.7. The van der Waals surface area contributed by atoms with Crippen LogP contribution in [-0.2, 0) is 6.42 Å².